The number of amides is 1. The zero-order valence-corrected chi connectivity index (χ0v) is 14.4. The molecule has 0 bridgehead atoms. The molecule has 0 aliphatic heterocycles. The first-order valence-electron chi connectivity index (χ1n) is 7.39. The van der Waals surface area contributed by atoms with Gasteiger partial charge in [0.15, 0.2) is 0 Å². The van der Waals surface area contributed by atoms with Gasteiger partial charge in [-0.3, -0.25) is 4.79 Å². The lowest BCUT2D eigenvalue weighted by atomic mass is 10.1. The van der Waals surface area contributed by atoms with Crippen molar-refractivity contribution in [3.63, 3.8) is 0 Å². The van der Waals surface area contributed by atoms with Gasteiger partial charge in [0.25, 0.3) is 0 Å². The molecule has 0 unspecified atom stereocenters. The minimum atomic E-state index is -0.00516. The Bertz CT molecular complexity index is 598. The fourth-order valence-corrected chi connectivity index (χ4v) is 2.50. The van der Waals surface area contributed by atoms with Gasteiger partial charge in [-0.05, 0) is 37.1 Å². The molecule has 0 aliphatic carbocycles. The zero-order valence-electron chi connectivity index (χ0n) is 12.8. The third kappa shape index (κ3) is 4.97. The number of nitrogens with one attached hydrogen (secondary N) is 2. The summed E-state index contributed by atoms with van der Waals surface area (Å²) >= 11 is 3.41. The molecule has 4 heteroatoms. The first kappa shape index (κ1) is 16.7. The van der Waals surface area contributed by atoms with E-state index in [-0.39, 0.29) is 18.0 Å². The van der Waals surface area contributed by atoms with Crippen molar-refractivity contribution in [2.24, 2.45) is 0 Å². The van der Waals surface area contributed by atoms with Crippen LogP contribution in [0.2, 0.25) is 0 Å². The van der Waals surface area contributed by atoms with Crippen LogP contribution in [0.25, 0.3) is 0 Å². The van der Waals surface area contributed by atoms with Crippen LogP contribution >= 0.6 is 15.9 Å². The molecule has 0 saturated carbocycles. The molecule has 3 nitrogen and oxygen atoms in total. The highest BCUT2D eigenvalue weighted by Crippen LogP contribution is 2.16. The molecule has 0 aliphatic rings. The van der Waals surface area contributed by atoms with Crippen molar-refractivity contribution in [3.05, 3.63) is 70.2 Å². The highest BCUT2D eigenvalue weighted by Gasteiger charge is 2.11. The zero-order chi connectivity index (χ0) is 15.9. The number of hydrogen-bond donors (Lipinski definition) is 2. The maximum absolute atomic E-state index is 12.0. The number of rotatable bonds is 6. The minimum absolute atomic E-state index is 0.00167. The molecule has 0 spiro atoms. The largest absolute Gasteiger partial charge is 0.348 e. The molecule has 0 fully saturated rings. The Morgan fingerprint density at radius 2 is 1.55 bits per heavy atom. The van der Waals surface area contributed by atoms with E-state index in [0.29, 0.717) is 6.54 Å². The molecular formula is C18H21BrN2O. The third-order valence-corrected chi connectivity index (χ3v) is 4.14. The molecule has 0 saturated heterocycles. The van der Waals surface area contributed by atoms with E-state index in [0.717, 1.165) is 10.0 Å². The summed E-state index contributed by atoms with van der Waals surface area (Å²) in [5.41, 5.74) is 2.27. The van der Waals surface area contributed by atoms with Crippen LogP contribution in [-0.2, 0) is 4.79 Å². The fraction of sp³-hybridized carbons (Fsp3) is 0.278. The van der Waals surface area contributed by atoms with Crippen LogP contribution in [0.4, 0.5) is 0 Å². The summed E-state index contributed by atoms with van der Waals surface area (Å²) in [6.45, 7) is 4.35. The van der Waals surface area contributed by atoms with Gasteiger partial charge in [-0.1, -0.05) is 58.4 Å². The normalized spacial score (nSPS) is 13.4. The summed E-state index contributed by atoms with van der Waals surface area (Å²) in [6.07, 6.45) is 0. The lowest BCUT2D eigenvalue weighted by Gasteiger charge is -2.17. The van der Waals surface area contributed by atoms with E-state index in [1.165, 1.54) is 5.56 Å². The highest BCUT2D eigenvalue weighted by molar-refractivity contribution is 9.10. The van der Waals surface area contributed by atoms with Crippen molar-refractivity contribution < 1.29 is 4.79 Å². The molecule has 2 aromatic carbocycles. The smallest absolute Gasteiger partial charge is 0.234 e. The maximum Gasteiger partial charge on any atom is 0.234 e. The van der Waals surface area contributed by atoms with Gasteiger partial charge < -0.3 is 10.6 Å². The van der Waals surface area contributed by atoms with Crippen LogP contribution in [-0.4, -0.2) is 12.5 Å². The van der Waals surface area contributed by atoms with Crippen LogP contribution in [0, 0.1) is 0 Å². The molecular weight excluding hydrogens is 340 g/mol. The van der Waals surface area contributed by atoms with Gasteiger partial charge in [0.1, 0.15) is 0 Å². The highest BCUT2D eigenvalue weighted by atomic mass is 79.9. The molecule has 2 rings (SSSR count). The van der Waals surface area contributed by atoms with E-state index in [4.69, 9.17) is 0 Å². The van der Waals surface area contributed by atoms with Crippen molar-refractivity contribution >= 4 is 21.8 Å². The Kier molecular flexibility index (Phi) is 6.16. The Morgan fingerprint density at radius 1 is 0.955 bits per heavy atom. The van der Waals surface area contributed by atoms with Gasteiger partial charge in [0.05, 0.1) is 12.6 Å². The fourth-order valence-electron chi connectivity index (χ4n) is 2.23. The van der Waals surface area contributed by atoms with Crippen molar-refractivity contribution in [2.75, 3.05) is 6.54 Å². The van der Waals surface area contributed by atoms with Crippen molar-refractivity contribution in [2.45, 2.75) is 25.9 Å². The van der Waals surface area contributed by atoms with Crippen molar-refractivity contribution in [1.29, 1.82) is 0 Å². The van der Waals surface area contributed by atoms with Gasteiger partial charge in [-0.15, -0.1) is 0 Å². The van der Waals surface area contributed by atoms with Crippen LogP contribution in [0.15, 0.2) is 59.1 Å². The van der Waals surface area contributed by atoms with Crippen LogP contribution in [0.5, 0.6) is 0 Å². The van der Waals surface area contributed by atoms with Crippen LogP contribution in [0.1, 0.15) is 37.1 Å². The number of halogens is 1. The maximum atomic E-state index is 12.0. The first-order valence-corrected chi connectivity index (χ1v) is 8.18. The number of carbonyl (C=O) groups is 1. The second-order valence-corrected chi connectivity index (χ2v) is 6.27. The van der Waals surface area contributed by atoms with E-state index in [2.05, 4.69) is 45.6 Å². The van der Waals surface area contributed by atoms with Crippen molar-refractivity contribution in [1.82, 2.24) is 10.6 Å². The second kappa shape index (κ2) is 8.11. The third-order valence-electron chi connectivity index (χ3n) is 3.62. The molecule has 116 valence electrons. The van der Waals surface area contributed by atoms with Crippen LogP contribution in [0.3, 0.4) is 0 Å². The first-order chi connectivity index (χ1) is 10.6. The van der Waals surface area contributed by atoms with Gasteiger partial charge in [-0.25, -0.2) is 0 Å². The number of hydrogen-bond acceptors (Lipinski definition) is 2. The second-order valence-electron chi connectivity index (χ2n) is 5.35. The molecule has 0 heterocycles. The van der Waals surface area contributed by atoms with E-state index >= 15 is 0 Å². The Morgan fingerprint density at radius 3 is 2.18 bits per heavy atom. The Balaban J connectivity index is 1.81. The molecule has 0 aromatic heterocycles. The van der Waals surface area contributed by atoms with E-state index < -0.39 is 0 Å². The summed E-state index contributed by atoms with van der Waals surface area (Å²) in [6, 6.07) is 18.2. The predicted octanol–water partition coefficient (Wildman–Crippen LogP) is 3.98. The minimum Gasteiger partial charge on any atom is -0.348 e. The summed E-state index contributed by atoms with van der Waals surface area (Å²) < 4.78 is 1.04. The number of benzene rings is 2. The van der Waals surface area contributed by atoms with E-state index in [9.17, 15) is 4.79 Å². The SMILES string of the molecule is C[C@H](NCC(=O)N[C@H](C)c1ccc(Br)cc1)c1ccccc1. The van der Waals surface area contributed by atoms with Gasteiger partial charge in [0.2, 0.25) is 5.91 Å². The molecule has 1 amide bonds. The molecule has 22 heavy (non-hydrogen) atoms. The number of carbonyl (C=O) groups excluding carboxylic acids is 1. The van der Waals surface area contributed by atoms with Crippen molar-refractivity contribution in [3.8, 4) is 0 Å². The Labute approximate surface area is 140 Å². The lowest BCUT2D eigenvalue weighted by Crippen LogP contribution is -2.36. The molecule has 2 atom stereocenters. The van der Waals surface area contributed by atoms with Gasteiger partial charge >= 0.3 is 0 Å². The summed E-state index contributed by atoms with van der Waals surface area (Å²) in [5, 5.41) is 6.25. The van der Waals surface area contributed by atoms with Crippen LogP contribution < -0.4 is 10.6 Å². The average molecular weight is 361 g/mol. The summed E-state index contributed by atoms with van der Waals surface area (Å²) in [5.74, 6) is -0.00167. The quantitative estimate of drug-likeness (QED) is 0.817. The molecule has 2 aromatic rings. The van der Waals surface area contributed by atoms with Gasteiger partial charge in [-0.2, -0.15) is 0 Å². The standard InChI is InChI=1S/C18H21BrN2O/c1-13(15-6-4-3-5-7-15)20-12-18(22)21-14(2)16-8-10-17(19)11-9-16/h3-11,13-14,20H,12H2,1-2H3,(H,21,22)/t13-,14+/m0/s1. The monoisotopic (exact) mass is 360 g/mol. The van der Waals surface area contributed by atoms with E-state index in [1.807, 2.05) is 49.4 Å². The average Bonchev–Trinajstić information content (AvgIpc) is 2.54. The molecule has 0 radical (unpaired) electrons. The Hall–Kier alpha value is -1.65. The summed E-state index contributed by atoms with van der Waals surface area (Å²) in [4.78, 5) is 12.0. The summed E-state index contributed by atoms with van der Waals surface area (Å²) in [7, 11) is 0. The predicted molar refractivity (Wildman–Crippen MR) is 93.6 cm³/mol. The topological polar surface area (TPSA) is 41.1 Å². The van der Waals surface area contributed by atoms with E-state index in [1.54, 1.807) is 0 Å². The van der Waals surface area contributed by atoms with Gasteiger partial charge in [0, 0.05) is 10.5 Å². The molecule has 2 N–H and O–H groups in total. The lowest BCUT2D eigenvalue weighted by molar-refractivity contribution is -0.121.